The van der Waals surface area contributed by atoms with Gasteiger partial charge in [-0.25, -0.2) is 9.78 Å². The third-order valence-electron chi connectivity index (χ3n) is 7.13. The number of nitrogens with one attached hydrogen (secondary N) is 5. The van der Waals surface area contributed by atoms with Gasteiger partial charge in [0, 0.05) is 41.8 Å². The van der Waals surface area contributed by atoms with Crippen molar-refractivity contribution in [3.63, 3.8) is 0 Å². The Bertz CT molecular complexity index is 1300. The summed E-state index contributed by atoms with van der Waals surface area (Å²) < 4.78 is 0. The molecule has 0 bridgehead atoms. The van der Waals surface area contributed by atoms with E-state index >= 15 is 0 Å². The molecule has 8 N–H and O–H groups in total. The van der Waals surface area contributed by atoms with E-state index in [2.05, 4.69) is 30.9 Å². The number of aliphatic carboxylic acids is 1. The Labute approximate surface area is 232 Å². The van der Waals surface area contributed by atoms with Gasteiger partial charge in [0.1, 0.15) is 18.1 Å². The fraction of sp³-hybridized carbons (Fsp3) is 0.464. The molecule has 3 amide bonds. The summed E-state index contributed by atoms with van der Waals surface area (Å²) in [4.78, 5) is 61.5. The highest BCUT2D eigenvalue weighted by atomic mass is 16.4. The van der Waals surface area contributed by atoms with Gasteiger partial charge in [0.25, 0.3) is 0 Å². The molecule has 2 heterocycles. The van der Waals surface area contributed by atoms with Gasteiger partial charge in [0.2, 0.25) is 17.7 Å². The Morgan fingerprint density at radius 2 is 1.65 bits per heavy atom. The normalized spacial score (nSPS) is 15.2. The first kappa shape index (κ1) is 30.4. The summed E-state index contributed by atoms with van der Waals surface area (Å²) in [5, 5.41) is 18.6. The van der Waals surface area contributed by atoms with Crippen LogP contribution < -0.4 is 21.7 Å². The molecular weight excluding hydrogens is 514 g/mol. The molecule has 0 saturated carbocycles. The number of carbonyl (C=O) groups is 4. The zero-order valence-electron chi connectivity index (χ0n) is 23.2. The number of imidazole rings is 1. The van der Waals surface area contributed by atoms with E-state index in [4.69, 9.17) is 5.73 Å². The molecule has 0 aliphatic rings. The first-order chi connectivity index (χ1) is 19.0. The van der Waals surface area contributed by atoms with Crippen molar-refractivity contribution in [1.82, 2.24) is 30.9 Å². The number of benzene rings is 1. The van der Waals surface area contributed by atoms with Crippen molar-refractivity contribution in [2.75, 3.05) is 0 Å². The average molecular weight is 554 g/mol. The van der Waals surface area contributed by atoms with E-state index in [1.54, 1.807) is 20.0 Å². The number of H-pyrrole nitrogens is 2. The molecule has 0 spiro atoms. The maximum Gasteiger partial charge on any atom is 0.326 e. The summed E-state index contributed by atoms with van der Waals surface area (Å²) in [7, 11) is 0. The van der Waals surface area contributed by atoms with Crippen LogP contribution in [0.2, 0.25) is 0 Å². The third-order valence-corrected chi connectivity index (χ3v) is 7.13. The van der Waals surface area contributed by atoms with Crippen molar-refractivity contribution in [3.8, 4) is 0 Å². The number of rotatable bonds is 14. The topological polar surface area (TPSA) is 195 Å². The first-order valence-corrected chi connectivity index (χ1v) is 13.4. The van der Waals surface area contributed by atoms with Crippen molar-refractivity contribution in [1.29, 1.82) is 0 Å². The van der Waals surface area contributed by atoms with Crippen molar-refractivity contribution < 1.29 is 24.3 Å². The van der Waals surface area contributed by atoms with Crippen LogP contribution in [0.3, 0.4) is 0 Å². The fourth-order valence-electron chi connectivity index (χ4n) is 4.38. The number of carbonyl (C=O) groups excluding carboxylic acids is 3. The minimum atomic E-state index is -1.23. The van der Waals surface area contributed by atoms with Crippen LogP contribution in [-0.4, -0.2) is 67.9 Å². The molecule has 0 saturated heterocycles. The predicted molar refractivity (Wildman–Crippen MR) is 150 cm³/mol. The van der Waals surface area contributed by atoms with E-state index in [-0.39, 0.29) is 24.7 Å². The molecule has 3 aromatic rings. The lowest BCUT2D eigenvalue weighted by atomic mass is 9.97. The van der Waals surface area contributed by atoms with E-state index < -0.39 is 47.9 Å². The molecule has 0 fully saturated rings. The third kappa shape index (κ3) is 7.69. The Morgan fingerprint density at radius 3 is 2.27 bits per heavy atom. The zero-order chi connectivity index (χ0) is 29.4. The lowest BCUT2D eigenvalue weighted by Crippen LogP contribution is -2.59. The predicted octanol–water partition coefficient (Wildman–Crippen LogP) is 1.24. The Morgan fingerprint density at radius 1 is 0.950 bits per heavy atom. The highest BCUT2D eigenvalue weighted by Crippen LogP contribution is 2.20. The van der Waals surface area contributed by atoms with Gasteiger partial charge in [0.05, 0.1) is 12.4 Å². The van der Waals surface area contributed by atoms with Crippen LogP contribution in [0, 0.1) is 11.8 Å². The van der Waals surface area contributed by atoms with Gasteiger partial charge in [-0.15, -0.1) is 0 Å². The molecule has 216 valence electrons. The number of aromatic nitrogens is 3. The van der Waals surface area contributed by atoms with Gasteiger partial charge >= 0.3 is 5.97 Å². The molecule has 40 heavy (non-hydrogen) atoms. The van der Waals surface area contributed by atoms with Gasteiger partial charge in [-0.1, -0.05) is 52.3 Å². The summed E-state index contributed by atoms with van der Waals surface area (Å²) in [6, 6.07) is 3.46. The summed E-state index contributed by atoms with van der Waals surface area (Å²) >= 11 is 0. The van der Waals surface area contributed by atoms with Crippen molar-refractivity contribution in [3.05, 3.63) is 54.2 Å². The van der Waals surface area contributed by atoms with E-state index in [1.807, 2.05) is 38.1 Å². The maximum atomic E-state index is 13.6. The van der Waals surface area contributed by atoms with E-state index in [0.29, 0.717) is 12.1 Å². The van der Waals surface area contributed by atoms with Gasteiger partial charge in [-0.2, -0.15) is 0 Å². The second kappa shape index (κ2) is 13.7. The number of hydrogen-bond donors (Lipinski definition) is 7. The number of nitrogens with zero attached hydrogens (tertiary/aromatic N) is 1. The molecule has 2 aromatic heterocycles. The first-order valence-electron chi connectivity index (χ1n) is 13.4. The van der Waals surface area contributed by atoms with E-state index in [9.17, 15) is 24.3 Å². The Kier molecular flexibility index (Phi) is 10.4. The minimum absolute atomic E-state index is 0.00736. The number of aromatic amines is 2. The van der Waals surface area contributed by atoms with Crippen LogP contribution in [0.1, 0.15) is 45.4 Å². The zero-order valence-corrected chi connectivity index (χ0v) is 23.2. The van der Waals surface area contributed by atoms with Crippen LogP contribution in [0.5, 0.6) is 0 Å². The summed E-state index contributed by atoms with van der Waals surface area (Å²) in [5.74, 6) is -3.40. The molecular formula is C28H39N7O5. The van der Waals surface area contributed by atoms with Crippen molar-refractivity contribution >= 4 is 34.6 Å². The monoisotopic (exact) mass is 553 g/mol. The molecule has 0 radical (unpaired) electrons. The van der Waals surface area contributed by atoms with Crippen LogP contribution in [0.15, 0.2) is 43.0 Å². The fourth-order valence-corrected chi connectivity index (χ4v) is 4.38. The lowest BCUT2D eigenvalue weighted by Gasteiger charge is -2.27. The number of amides is 3. The second-order valence-electron chi connectivity index (χ2n) is 10.4. The summed E-state index contributed by atoms with van der Waals surface area (Å²) in [6.07, 6.45) is 5.51. The number of hydrogen-bond acceptors (Lipinski definition) is 6. The highest BCUT2D eigenvalue weighted by Gasteiger charge is 2.33. The standard InChI is InChI=1S/C28H39N7O5/c1-5-16(4)23(29)26(37)33-21(10-17-12-31-20-9-7-6-8-19(17)20)25(36)35-24(15(2)3)27(38)34-22(28(39)40)11-18-13-30-14-32-18/h6-9,12-16,21-24,31H,5,10-11,29H2,1-4H3,(H,30,32)(H,33,37)(H,34,38)(H,35,36)(H,39,40). The number of carboxylic acids is 1. The average Bonchev–Trinajstić information content (AvgIpc) is 3.59. The summed E-state index contributed by atoms with van der Waals surface area (Å²) in [6.45, 7) is 7.26. The van der Waals surface area contributed by atoms with Gasteiger partial charge in [-0.3, -0.25) is 14.4 Å². The van der Waals surface area contributed by atoms with Crippen LogP contribution in [0.25, 0.3) is 10.9 Å². The van der Waals surface area contributed by atoms with Crippen LogP contribution in [0.4, 0.5) is 0 Å². The molecule has 0 aliphatic carbocycles. The van der Waals surface area contributed by atoms with Crippen molar-refractivity contribution in [2.45, 2.75) is 71.1 Å². The van der Waals surface area contributed by atoms with Crippen molar-refractivity contribution in [2.24, 2.45) is 17.6 Å². The van der Waals surface area contributed by atoms with Gasteiger partial charge < -0.3 is 36.8 Å². The quantitative estimate of drug-likeness (QED) is 0.156. The smallest absolute Gasteiger partial charge is 0.326 e. The molecule has 0 aliphatic heterocycles. The molecule has 5 unspecified atom stereocenters. The molecule has 1 aromatic carbocycles. The molecule has 3 rings (SSSR count). The van der Waals surface area contributed by atoms with Crippen LogP contribution in [-0.2, 0) is 32.0 Å². The number of fused-ring (bicyclic) bond motifs is 1. The second-order valence-corrected chi connectivity index (χ2v) is 10.4. The molecule has 12 heteroatoms. The minimum Gasteiger partial charge on any atom is -0.480 e. The molecule has 12 nitrogen and oxygen atoms in total. The van der Waals surface area contributed by atoms with Gasteiger partial charge in [0.15, 0.2) is 0 Å². The Balaban J connectivity index is 1.81. The number of nitrogens with two attached hydrogens (primary N) is 1. The lowest BCUT2D eigenvalue weighted by molar-refractivity contribution is -0.142. The van der Waals surface area contributed by atoms with E-state index in [1.165, 1.54) is 12.5 Å². The van der Waals surface area contributed by atoms with Gasteiger partial charge in [-0.05, 0) is 23.5 Å². The highest BCUT2D eigenvalue weighted by molar-refractivity contribution is 5.95. The number of carboxylic acid groups (broad SMARTS) is 1. The van der Waals surface area contributed by atoms with E-state index in [0.717, 1.165) is 16.5 Å². The maximum absolute atomic E-state index is 13.6. The number of para-hydroxylation sites is 1. The van der Waals surface area contributed by atoms with Crippen LogP contribution >= 0.6 is 0 Å². The largest absolute Gasteiger partial charge is 0.480 e. The Hall–Kier alpha value is -4.19. The molecule has 5 atom stereocenters. The SMILES string of the molecule is CCC(C)C(N)C(=O)NC(Cc1c[nH]c2ccccc12)C(=O)NC(C(=O)NC(Cc1cnc[nH]1)C(=O)O)C(C)C. The summed E-state index contributed by atoms with van der Waals surface area (Å²) in [5.41, 5.74) is 8.38.